The summed E-state index contributed by atoms with van der Waals surface area (Å²) in [6.45, 7) is 7.51. The minimum Gasteiger partial charge on any atom is -0.314 e. The Morgan fingerprint density at radius 3 is 2.31 bits per heavy atom. The van der Waals surface area contributed by atoms with Crippen LogP contribution in [0.1, 0.15) is 46.5 Å². The van der Waals surface area contributed by atoms with Gasteiger partial charge in [0.15, 0.2) is 0 Å². The molecule has 0 amide bonds. The second kappa shape index (κ2) is 8.07. The standard InChI is InChI=1S/C12H27NO2S/c1-5-8-13-12(10-11(3)6-2)7-9-16(4,14)15/h11-13H,5-10H2,1-4H3. The molecular weight excluding hydrogens is 222 g/mol. The van der Waals surface area contributed by atoms with Crippen molar-refractivity contribution < 1.29 is 8.42 Å². The largest absolute Gasteiger partial charge is 0.314 e. The van der Waals surface area contributed by atoms with Crippen LogP contribution in [0.3, 0.4) is 0 Å². The number of sulfone groups is 1. The Bertz CT molecular complexity index is 262. The van der Waals surface area contributed by atoms with Crippen LogP contribution in [0, 0.1) is 5.92 Å². The third-order valence-corrected chi connectivity index (χ3v) is 3.88. The second-order valence-corrected chi connectivity index (χ2v) is 7.08. The quantitative estimate of drug-likeness (QED) is 0.681. The van der Waals surface area contributed by atoms with Crippen LogP contribution in [-0.2, 0) is 9.84 Å². The first kappa shape index (κ1) is 15.9. The van der Waals surface area contributed by atoms with Crippen molar-refractivity contribution in [2.75, 3.05) is 18.6 Å². The molecule has 0 radical (unpaired) electrons. The van der Waals surface area contributed by atoms with Gasteiger partial charge in [-0.05, 0) is 31.7 Å². The minimum atomic E-state index is -2.83. The minimum absolute atomic E-state index is 0.296. The summed E-state index contributed by atoms with van der Waals surface area (Å²) in [5.41, 5.74) is 0. The predicted molar refractivity (Wildman–Crippen MR) is 70.5 cm³/mol. The monoisotopic (exact) mass is 249 g/mol. The zero-order valence-electron chi connectivity index (χ0n) is 11.1. The van der Waals surface area contributed by atoms with Gasteiger partial charge in [-0.1, -0.05) is 27.2 Å². The summed E-state index contributed by atoms with van der Waals surface area (Å²) in [7, 11) is -2.83. The SMILES string of the molecule is CCCNC(CCS(C)(=O)=O)CC(C)CC. The van der Waals surface area contributed by atoms with Crippen molar-refractivity contribution in [3.63, 3.8) is 0 Å². The Balaban J connectivity index is 4.09. The summed E-state index contributed by atoms with van der Waals surface area (Å²) >= 11 is 0. The van der Waals surface area contributed by atoms with Gasteiger partial charge >= 0.3 is 0 Å². The van der Waals surface area contributed by atoms with E-state index in [9.17, 15) is 8.42 Å². The molecule has 98 valence electrons. The van der Waals surface area contributed by atoms with E-state index in [1.165, 1.54) is 6.26 Å². The maximum absolute atomic E-state index is 11.1. The highest BCUT2D eigenvalue weighted by molar-refractivity contribution is 7.90. The Morgan fingerprint density at radius 2 is 1.88 bits per heavy atom. The fraction of sp³-hybridized carbons (Fsp3) is 1.00. The Morgan fingerprint density at radius 1 is 1.25 bits per heavy atom. The number of hydrogen-bond acceptors (Lipinski definition) is 3. The highest BCUT2D eigenvalue weighted by atomic mass is 32.2. The lowest BCUT2D eigenvalue weighted by Crippen LogP contribution is -2.33. The van der Waals surface area contributed by atoms with Crippen molar-refractivity contribution in [2.45, 2.75) is 52.5 Å². The zero-order valence-corrected chi connectivity index (χ0v) is 11.9. The van der Waals surface area contributed by atoms with E-state index in [0.717, 1.165) is 32.2 Å². The lowest BCUT2D eigenvalue weighted by Gasteiger charge is -2.21. The summed E-state index contributed by atoms with van der Waals surface area (Å²) in [6.07, 6.45) is 5.38. The van der Waals surface area contributed by atoms with Crippen molar-refractivity contribution in [1.29, 1.82) is 0 Å². The maximum atomic E-state index is 11.1. The summed E-state index contributed by atoms with van der Waals surface area (Å²) in [4.78, 5) is 0. The number of rotatable bonds is 9. The topological polar surface area (TPSA) is 46.2 Å². The second-order valence-electron chi connectivity index (χ2n) is 4.82. The molecule has 0 aliphatic heterocycles. The molecule has 0 aliphatic rings. The van der Waals surface area contributed by atoms with E-state index >= 15 is 0 Å². The molecule has 0 aliphatic carbocycles. The molecule has 3 nitrogen and oxygen atoms in total. The van der Waals surface area contributed by atoms with E-state index in [2.05, 4.69) is 26.1 Å². The Labute approximate surface area is 101 Å². The van der Waals surface area contributed by atoms with Gasteiger partial charge in [0.05, 0.1) is 5.75 Å². The Kier molecular flexibility index (Phi) is 8.02. The van der Waals surface area contributed by atoms with Gasteiger partial charge in [0.1, 0.15) is 9.84 Å². The van der Waals surface area contributed by atoms with Crippen LogP contribution in [0.4, 0.5) is 0 Å². The molecule has 0 fully saturated rings. The third-order valence-electron chi connectivity index (χ3n) is 2.90. The van der Waals surface area contributed by atoms with Gasteiger partial charge in [0, 0.05) is 12.3 Å². The van der Waals surface area contributed by atoms with Gasteiger partial charge in [-0.2, -0.15) is 0 Å². The molecule has 0 aromatic carbocycles. The van der Waals surface area contributed by atoms with E-state index < -0.39 is 9.84 Å². The molecule has 16 heavy (non-hydrogen) atoms. The normalized spacial score (nSPS) is 16.0. The van der Waals surface area contributed by atoms with Crippen LogP contribution in [0.2, 0.25) is 0 Å². The molecule has 4 heteroatoms. The molecular formula is C12H27NO2S. The van der Waals surface area contributed by atoms with Gasteiger partial charge in [0.25, 0.3) is 0 Å². The van der Waals surface area contributed by atoms with Crippen molar-refractivity contribution in [3.05, 3.63) is 0 Å². The average Bonchev–Trinajstić information content (AvgIpc) is 2.20. The molecule has 2 atom stereocenters. The first-order chi connectivity index (χ1) is 7.39. The van der Waals surface area contributed by atoms with E-state index in [4.69, 9.17) is 0 Å². The van der Waals surface area contributed by atoms with Gasteiger partial charge in [-0.3, -0.25) is 0 Å². The van der Waals surface area contributed by atoms with Gasteiger partial charge in [-0.15, -0.1) is 0 Å². The van der Waals surface area contributed by atoms with Crippen LogP contribution in [-0.4, -0.2) is 33.0 Å². The van der Waals surface area contributed by atoms with Gasteiger partial charge < -0.3 is 5.32 Å². The first-order valence-corrected chi connectivity index (χ1v) is 8.36. The highest BCUT2D eigenvalue weighted by Crippen LogP contribution is 2.12. The molecule has 0 heterocycles. The van der Waals surface area contributed by atoms with Gasteiger partial charge in [0.2, 0.25) is 0 Å². The van der Waals surface area contributed by atoms with Crippen LogP contribution in [0.5, 0.6) is 0 Å². The smallest absolute Gasteiger partial charge is 0.147 e. The van der Waals surface area contributed by atoms with Gasteiger partial charge in [-0.25, -0.2) is 8.42 Å². The average molecular weight is 249 g/mol. The van der Waals surface area contributed by atoms with Crippen molar-refractivity contribution in [1.82, 2.24) is 5.32 Å². The lowest BCUT2D eigenvalue weighted by atomic mass is 9.98. The van der Waals surface area contributed by atoms with Crippen LogP contribution >= 0.6 is 0 Å². The molecule has 0 saturated heterocycles. The van der Waals surface area contributed by atoms with Crippen molar-refractivity contribution >= 4 is 9.84 Å². The first-order valence-electron chi connectivity index (χ1n) is 6.30. The highest BCUT2D eigenvalue weighted by Gasteiger charge is 2.14. The molecule has 2 unspecified atom stereocenters. The number of hydrogen-bond donors (Lipinski definition) is 1. The molecule has 0 saturated carbocycles. The summed E-state index contributed by atoms with van der Waals surface area (Å²) < 4.78 is 22.3. The number of nitrogens with one attached hydrogen (secondary N) is 1. The van der Waals surface area contributed by atoms with Crippen LogP contribution in [0.15, 0.2) is 0 Å². The summed E-state index contributed by atoms with van der Waals surface area (Å²) in [5, 5.41) is 3.44. The van der Waals surface area contributed by atoms with E-state index in [1.807, 2.05) is 0 Å². The predicted octanol–water partition coefficient (Wildman–Crippen LogP) is 2.23. The lowest BCUT2D eigenvalue weighted by molar-refractivity contribution is 0.386. The molecule has 0 aromatic rings. The summed E-state index contributed by atoms with van der Waals surface area (Å²) in [6, 6.07) is 0.352. The molecule has 0 spiro atoms. The fourth-order valence-corrected chi connectivity index (χ4v) is 2.37. The van der Waals surface area contributed by atoms with Crippen LogP contribution < -0.4 is 5.32 Å². The molecule has 0 rings (SSSR count). The molecule has 0 aromatic heterocycles. The van der Waals surface area contributed by atoms with E-state index in [0.29, 0.717) is 17.7 Å². The maximum Gasteiger partial charge on any atom is 0.147 e. The van der Waals surface area contributed by atoms with Crippen LogP contribution in [0.25, 0.3) is 0 Å². The fourth-order valence-electron chi connectivity index (χ4n) is 1.66. The molecule has 1 N–H and O–H groups in total. The zero-order chi connectivity index (χ0) is 12.6. The van der Waals surface area contributed by atoms with Crippen molar-refractivity contribution in [3.8, 4) is 0 Å². The van der Waals surface area contributed by atoms with Crippen molar-refractivity contribution in [2.24, 2.45) is 5.92 Å². The molecule has 0 bridgehead atoms. The Hall–Kier alpha value is -0.0900. The van der Waals surface area contributed by atoms with E-state index in [-0.39, 0.29) is 0 Å². The third kappa shape index (κ3) is 9.16. The van der Waals surface area contributed by atoms with E-state index in [1.54, 1.807) is 0 Å². The summed E-state index contributed by atoms with van der Waals surface area (Å²) in [5.74, 6) is 0.957.